The summed E-state index contributed by atoms with van der Waals surface area (Å²) in [6.45, 7) is 1.52. The molecule has 0 aromatic heterocycles. The van der Waals surface area contributed by atoms with E-state index >= 15 is 0 Å². The van der Waals surface area contributed by atoms with Crippen molar-refractivity contribution in [3.63, 3.8) is 0 Å². The third-order valence-corrected chi connectivity index (χ3v) is 3.73. The second-order valence-corrected chi connectivity index (χ2v) is 5.73. The Morgan fingerprint density at radius 3 is 2.27 bits per heavy atom. The summed E-state index contributed by atoms with van der Waals surface area (Å²) in [6.07, 6.45) is 1.18. The van der Waals surface area contributed by atoms with Crippen molar-refractivity contribution in [2.75, 3.05) is 17.7 Å². The molecule has 26 heavy (non-hydrogen) atoms. The maximum absolute atomic E-state index is 12.2. The zero-order valence-electron chi connectivity index (χ0n) is 14.2. The third kappa shape index (κ3) is 5.19. The Hall–Kier alpha value is -3.12. The van der Waals surface area contributed by atoms with Crippen LogP contribution in [0.4, 0.5) is 11.4 Å². The molecule has 0 bridgehead atoms. The number of para-hydroxylation sites is 1. The quantitative estimate of drug-likeness (QED) is 0.619. The van der Waals surface area contributed by atoms with E-state index < -0.39 is 17.8 Å². The number of anilines is 2. The van der Waals surface area contributed by atoms with Crippen LogP contribution >= 0.6 is 11.6 Å². The minimum atomic E-state index is -0.466. The molecule has 0 unspecified atom stereocenters. The maximum Gasteiger partial charge on any atom is 0.337 e. The van der Waals surface area contributed by atoms with Gasteiger partial charge in [0.25, 0.3) is 5.91 Å². The van der Waals surface area contributed by atoms with Gasteiger partial charge in [0.1, 0.15) is 0 Å². The molecule has 134 valence electrons. The van der Waals surface area contributed by atoms with Crippen molar-refractivity contribution in [3.8, 4) is 0 Å². The van der Waals surface area contributed by atoms with E-state index in [4.69, 9.17) is 11.6 Å². The highest BCUT2D eigenvalue weighted by molar-refractivity contribution is 6.33. The molecule has 2 rings (SSSR count). The summed E-state index contributed by atoms with van der Waals surface area (Å²) in [5.74, 6) is -1.37. The van der Waals surface area contributed by atoms with Crippen molar-refractivity contribution >= 4 is 40.8 Å². The third-order valence-electron chi connectivity index (χ3n) is 3.40. The summed E-state index contributed by atoms with van der Waals surface area (Å²) in [6, 6.07) is 13.0. The van der Waals surface area contributed by atoms with Gasteiger partial charge in [0, 0.05) is 17.3 Å². The number of carbonyl (C=O) groups excluding carboxylic acids is 3. The molecule has 7 heteroatoms. The molecule has 2 aromatic carbocycles. The number of hydrogen-bond donors (Lipinski definition) is 2. The Morgan fingerprint density at radius 1 is 1.00 bits per heavy atom. The molecular weight excluding hydrogens is 356 g/mol. The first kappa shape index (κ1) is 19.2. The van der Waals surface area contributed by atoms with Gasteiger partial charge in [-0.1, -0.05) is 23.7 Å². The largest absolute Gasteiger partial charge is 0.465 e. The fourth-order valence-electron chi connectivity index (χ4n) is 2.03. The van der Waals surface area contributed by atoms with E-state index in [1.165, 1.54) is 32.2 Å². The van der Waals surface area contributed by atoms with Crippen molar-refractivity contribution < 1.29 is 19.1 Å². The van der Waals surface area contributed by atoms with Crippen molar-refractivity contribution in [3.05, 3.63) is 70.8 Å². The van der Waals surface area contributed by atoms with Crippen molar-refractivity contribution in [1.82, 2.24) is 0 Å². The summed E-state index contributed by atoms with van der Waals surface area (Å²) in [7, 11) is 1.29. The molecule has 6 nitrogen and oxygen atoms in total. The second-order valence-electron chi connectivity index (χ2n) is 5.32. The highest BCUT2D eigenvalue weighted by Gasteiger charge is 2.10. The summed E-state index contributed by atoms with van der Waals surface area (Å²) < 4.78 is 4.61. The Kier molecular flexibility index (Phi) is 6.52. The van der Waals surface area contributed by atoms with Crippen LogP contribution in [-0.4, -0.2) is 24.9 Å². The van der Waals surface area contributed by atoms with Gasteiger partial charge < -0.3 is 15.4 Å². The topological polar surface area (TPSA) is 84.5 Å². The molecule has 2 aromatic rings. The van der Waals surface area contributed by atoms with Crippen molar-refractivity contribution in [1.29, 1.82) is 0 Å². The highest BCUT2D eigenvalue weighted by Crippen LogP contribution is 2.20. The normalized spacial score (nSPS) is 10.8. The van der Waals surface area contributed by atoms with Gasteiger partial charge in [-0.25, -0.2) is 4.79 Å². The van der Waals surface area contributed by atoms with Crippen LogP contribution in [0.1, 0.15) is 17.3 Å². The standard InChI is InChI=1S/C19H17ClN2O4/c1-12(11-17(23)22-16-6-4-3-5-15(16)20)18(24)21-14-9-7-13(8-10-14)19(25)26-2/h3-11H,1-2H3,(H,21,24)(H,22,23)/b12-11+. The van der Waals surface area contributed by atoms with Crippen LogP contribution in [0.3, 0.4) is 0 Å². The lowest BCUT2D eigenvalue weighted by molar-refractivity contribution is -0.114. The lowest BCUT2D eigenvalue weighted by Crippen LogP contribution is -2.16. The molecule has 0 heterocycles. The van der Waals surface area contributed by atoms with Gasteiger partial charge in [0.2, 0.25) is 5.91 Å². The van der Waals surface area contributed by atoms with E-state index in [1.54, 1.807) is 36.4 Å². The average Bonchev–Trinajstić information content (AvgIpc) is 2.63. The number of nitrogens with one attached hydrogen (secondary N) is 2. The van der Waals surface area contributed by atoms with E-state index in [0.29, 0.717) is 22.0 Å². The first-order valence-corrected chi connectivity index (χ1v) is 8.02. The number of benzene rings is 2. The van der Waals surface area contributed by atoms with Crippen LogP contribution in [0.25, 0.3) is 0 Å². The molecule has 2 amide bonds. The molecule has 0 saturated heterocycles. The van der Waals surface area contributed by atoms with E-state index in [1.807, 2.05) is 0 Å². The van der Waals surface area contributed by atoms with Gasteiger partial charge in [-0.3, -0.25) is 9.59 Å². The Morgan fingerprint density at radius 2 is 1.65 bits per heavy atom. The van der Waals surface area contributed by atoms with Crippen LogP contribution in [0.2, 0.25) is 5.02 Å². The second kappa shape index (κ2) is 8.82. The SMILES string of the molecule is COC(=O)c1ccc(NC(=O)/C(C)=C/C(=O)Nc2ccccc2Cl)cc1. The van der Waals surface area contributed by atoms with E-state index in [2.05, 4.69) is 15.4 Å². The molecule has 0 aliphatic carbocycles. The van der Waals surface area contributed by atoms with Gasteiger partial charge in [0.15, 0.2) is 0 Å². The van der Waals surface area contributed by atoms with Gasteiger partial charge >= 0.3 is 5.97 Å². The lowest BCUT2D eigenvalue weighted by Gasteiger charge is -2.07. The molecular formula is C19H17ClN2O4. The molecule has 0 aliphatic heterocycles. The maximum atomic E-state index is 12.2. The van der Waals surface area contributed by atoms with Crippen LogP contribution in [-0.2, 0) is 14.3 Å². The van der Waals surface area contributed by atoms with E-state index in [0.717, 1.165) is 0 Å². The number of hydrogen-bond acceptors (Lipinski definition) is 4. The zero-order chi connectivity index (χ0) is 19.1. The van der Waals surface area contributed by atoms with Gasteiger partial charge in [-0.15, -0.1) is 0 Å². The highest BCUT2D eigenvalue weighted by atomic mass is 35.5. The van der Waals surface area contributed by atoms with Gasteiger partial charge in [-0.05, 0) is 43.3 Å². The van der Waals surface area contributed by atoms with Crippen molar-refractivity contribution in [2.45, 2.75) is 6.92 Å². The van der Waals surface area contributed by atoms with Gasteiger partial charge in [0.05, 0.1) is 23.4 Å². The average molecular weight is 373 g/mol. The number of halogens is 1. The minimum absolute atomic E-state index is 0.214. The predicted molar refractivity (Wildman–Crippen MR) is 100 cm³/mol. The molecule has 0 fully saturated rings. The minimum Gasteiger partial charge on any atom is -0.465 e. The number of ether oxygens (including phenoxy) is 1. The van der Waals surface area contributed by atoms with E-state index in [9.17, 15) is 14.4 Å². The summed E-state index contributed by atoms with van der Waals surface area (Å²) in [4.78, 5) is 35.6. The number of methoxy groups -OCH3 is 1. The zero-order valence-corrected chi connectivity index (χ0v) is 15.0. The van der Waals surface area contributed by atoms with Crippen LogP contribution in [0.5, 0.6) is 0 Å². The lowest BCUT2D eigenvalue weighted by atomic mass is 10.2. The predicted octanol–water partition coefficient (Wildman–Crippen LogP) is 3.65. The Bertz CT molecular complexity index is 860. The molecule has 0 atom stereocenters. The van der Waals surface area contributed by atoms with Crippen LogP contribution < -0.4 is 10.6 Å². The van der Waals surface area contributed by atoms with Crippen LogP contribution in [0, 0.1) is 0 Å². The number of amides is 2. The Balaban J connectivity index is 2.00. The molecule has 2 N–H and O–H groups in total. The summed E-state index contributed by atoms with van der Waals surface area (Å²) in [5.41, 5.74) is 1.53. The first-order valence-electron chi connectivity index (χ1n) is 7.64. The fourth-order valence-corrected chi connectivity index (χ4v) is 2.21. The smallest absolute Gasteiger partial charge is 0.337 e. The van der Waals surface area contributed by atoms with E-state index in [-0.39, 0.29) is 5.57 Å². The molecule has 0 radical (unpaired) electrons. The number of rotatable bonds is 5. The van der Waals surface area contributed by atoms with Crippen molar-refractivity contribution in [2.24, 2.45) is 0 Å². The summed E-state index contributed by atoms with van der Waals surface area (Å²) >= 11 is 5.97. The summed E-state index contributed by atoms with van der Waals surface area (Å²) in [5, 5.41) is 5.65. The fraction of sp³-hybridized carbons (Fsp3) is 0.105. The monoisotopic (exact) mass is 372 g/mol. The first-order chi connectivity index (χ1) is 12.4. The molecule has 0 spiro atoms. The Labute approximate surface area is 155 Å². The number of esters is 1. The van der Waals surface area contributed by atoms with Crippen LogP contribution in [0.15, 0.2) is 60.2 Å². The number of carbonyl (C=O) groups is 3. The molecule has 0 aliphatic rings. The van der Waals surface area contributed by atoms with Gasteiger partial charge in [-0.2, -0.15) is 0 Å². The molecule has 0 saturated carbocycles.